The molecule has 0 saturated carbocycles. The standard InChI is InChI=1S/C19H25NO/c1-15(2)19-13-18(10-9-16(19)3)21-12-11-20-14-17-7-5-4-6-8-17/h4-10,13,15,20H,11-12,14H2,1-3H3. The van der Waals surface area contributed by atoms with Crippen LogP contribution in [0, 0.1) is 6.92 Å². The Kier molecular flexibility index (Phi) is 5.82. The summed E-state index contributed by atoms with van der Waals surface area (Å²) in [6.45, 7) is 9.00. The van der Waals surface area contributed by atoms with Crippen LogP contribution in [0.2, 0.25) is 0 Å². The Labute approximate surface area is 128 Å². The molecule has 2 heteroatoms. The zero-order chi connectivity index (χ0) is 15.1. The number of rotatable bonds is 7. The molecule has 0 aromatic heterocycles. The van der Waals surface area contributed by atoms with E-state index in [0.29, 0.717) is 12.5 Å². The summed E-state index contributed by atoms with van der Waals surface area (Å²) in [5.74, 6) is 1.50. The monoisotopic (exact) mass is 283 g/mol. The predicted molar refractivity (Wildman–Crippen MR) is 88.9 cm³/mol. The highest BCUT2D eigenvalue weighted by atomic mass is 16.5. The minimum absolute atomic E-state index is 0.532. The molecule has 112 valence electrons. The maximum Gasteiger partial charge on any atom is 0.119 e. The highest BCUT2D eigenvalue weighted by Crippen LogP contribution is 2.24. The van der Waals surface area contributed by atoms with Gasteiger partial charge in [-0.1, -0.05) is 50.2 Å². The fourth-order valence-electron chi connectivity index (χ4n) is 2.40. The number of ether oxygens (including phenoxy) is 1. The molecule has 2 aromatic carbocycles. The summed E-state index contributed by atoms with van der Waals surface area (Å²) in [5.41, 5.74) is 4.00. The minimum Gasteiger partial charge on any atom is -0.492 e. The van der Waals surface area contributed by atoms with Gasteiger partial charge in [0.05, 0.1) is 0 Å². The van der Waals surface area contributed by atoms with Crippen LogP contribution in [0.3, 0.4) is 0 Å². The van der Waals surface area contributed by atoms with E-state index in [9.17, 15) is 0 Å². The maximum atomic E-state index is 5.83. The second-order valence-corrected chi connectivity index (χ2v) is 5.68. The van der Waals surface area contributed by atoms with Crippen LogP contribution in [-0.4, -0.2) is 13.2 Å². The van der Waals surface area contributed by atoms with Gasteiger partial charge in [-0.15, -0.1) is 0 Å². The van der Waals surface area contributed by atoms with Crippen LogP contribution in [0.25, 0.3) is 0 Å². The zero-order valence-corrected chi connectivity index (χ0v) is 13.2. The maximum absolute atomic E-state index is 5.83. The summed E-state index contributed by atoms with van der Waals surface area (Å²) < 4.78 is 5.83. The summed E-state index contributed by atoms with van der Waals surface area (Å²) in [5, 5.41) is 3.40. The summed E-state index contributed by atoms with van der Waals surface area (Å²) in [7, 11) is 0. The van der Waals surface area contributed by atoms with Crippen molar-refractivity contribution in [1.29, 1.82) is 0 Å². The molecule has 1 N–H and O–H groups in total. The highest BCUT2D eigenvalue weighted by molar-refractivity contribution is 5.36. The van der Waals surface area contributed by atoms with Crippen molar-refractivity contribution >= 4 is 0 Å². The molecule has 0 unspecified atom stereocenters. The third-order valence-electron chi connectivity index (χ3n) is 3.59. The van der Waals surface area contributed by atoms with Crippen molar-refractivity contribution in [2.75, 3.05) is 13.2 Å². The van der Waals surface area contributed by atoms with Crippen molar-refractivity contribution in [3.05, 3.63) is 65.2 Å². The van der Waals surface area contributed by atoms with Crippen LogP contribution < -0.4 is 10.1 Å². The van der Waals surface area contributed by atoms with E-state index in [1.54, 1.807) is 0 Å². The van der Waals surface area contributed by atoms with Crippen LogP contribution in [0.5, 0.6) is 5.75 Å². The van der Waals surface area contributed by atoms with Gasteiger partial charge in [0.15, 0.2) is 0 Å². The molecule has 0 amide bonds. The zero-order valence-electron chi connectivity index (χ0n) is 13.2. The van der Waals surface area contributed by atoms with Crippen molar-refractivity contribution in [3.8, 4) is 5.75 Å². The summed E-state index contributed by atoms with van der Waals surface area (Å²) in [6.07, 6.45) is 0. The van der Waals surface area contributed by atoms with E-state index in [0.717, 1.165) is 18.8 Å². The first kappa shape index (κ1) is 15.6. The Bertz CT molecular complexity index is 549. The number of aryl methyl sites for hydroxylation is 1. The van der Waals surface area contributed by atoms with Crippen LogP contribution in [0.1, 0.15) is 36.5 Å². The van der Waals surface area contributed by atoms with E-state index in [1.165, 1.54) is 16.7 Å². The Hall–Kier alpha value is -1.80. The molecule has 2 aromatic rings. The number of hydrogen-bond donors (Lipinski definition) is 1. The van der Waals surface area contributed by atoms with Gasteiger partial charge in [-0.05, 0) is 41.7 Å². The molecule has 0 bridgehead atoms. The molecule has 0 radical (unpaired) electrons. The number of benzene rings is 2. The lowest BCUT2D eigenvalue weighted by Gasteiger charge is -2.13. The molecule has 0 aliphatic rings. The van der Waals surface area contributed by atoms with Gasteiger partial charge in [-0.25, -0.2) is 0 Å². The smallest absolute Gasteiger partial charge is 0.119 e. The van der Waals surface area contributed by atoms with Crippen LogP contribution in [0.4, 0.5) is 0 Å². The molecule has 0 aliphatic carbocycles. The van der Waals surface area contributed by atoms with Gasteiger partial charge < -0.3 is 10.1 Å². The van der Waals surface area contributed by atoms with E-state index in [1.807, 2.05) is 6.07 Å². The van der Waals surface area contributed by atoms with Crippen molar-refractivity contribution in [3.63, 3.8) is 0 Å². The van der Waals surface area contributed by atoms with Gasteiger partial charge in [0.2, 0.25) is 0 Å². The second kappa shape index (κ2) is 7.84. The molecule has 0 atom stereocenters. The molecular formula is C19H25NO. The van der Waals surface area contributed by atoms with Crippen molar-refractivity contribution < 1.29 is 4.74 Å². The molecule has 2 rings (SSSR count). The fraction of sp³-hybridized carbons (Fsp3) is 0.368. The first-order chi connectivity index (χ1) is 10.2. The molecule has 0 heterocycles. The summed E-state index contributed by atoms with van der Waals surface area (Å²) in [4.78, 5) is 0. The quantitative estimate of drug-likeness (QED) is 0.765. The van der Waals surface area contributed by atoms with Crippen LogP contribution >= 0.6 is 0 Å². The topological polar surface area (TPSA) is 21.3 Å². The molecular weight excluding hydrogens is 258 g/mol. The van der Waals surface area contributed by atoms with Gasteiger partial charge in [0.25, 0.3) is 0 Å². The SMILES string of the molecule is Cc1ccc(OCCNCc2ccccc2)cc1C(C)C. The predicted octanol–water partition coefficient (Wildman–Crippen LogP) is 4.29. The lowest BCUT2D eigenvalue weighted by molar-refractivity contribution is 0.313. The highest BCUT2D eigenvalue weighted by Gasteiger charge is 2.05. The van der Waals surface area contributed by atoms with Gasteiger partial charge in [-0.2, -0.15) is 0 Å². The van der Waals surface area contributed by atoms with E-state index in [2.05, 4.69) is 68.6 Å². The molecule has 0 saturated heterocycles. The van der Waals surface area contributed by atoms with Gasteiger partial charge >= 0.3 is 0 Å². The summed E-state index contributed by atoms with van der Waals surface area (Å²) in [6, 6.07) is 16.8. The van der Waals surface area contributed by atoms with Crippen molar-refractivity contribution in [2.45, 2.75) is 33.2 Å². The third-order valence-corrected chi connectivity index (χ3v) is 3.59. The van der Waals surface area contributed by atoms with Crippen LogP contribution in [0.15, 0.2) is 48.5 Å². The average Bonchev–Trinajstić information content (AvgIpc) is 2.49. The van der Waals surface area contributed by atoms with Gasteiger partial charge in [0, 0.05) is 13.1 Å². The Morgan fingerprint density at radius 2 is 1.81 bits per heavy atom. The van der Waals surface area contributed by atoms with Crippen molar-refractivity contribution in [2.24, 2.45) is 0 Å². The Morgan fingerprint density at radius 3 is 2.52 bits per heavy atom. The number of hydrogen-bond acceptors (Lipinski definition) is 2. The second-order valence-electron chi connectivity index (χ2n) is 5.68. The summed E-state index contributed by atoms with van der Waals surface area (Å²) >= 11 is 0. The molecule has 0 aliphatic heterocycles. The Morgan fingerprint density at radius 1 is 1.05 bits per heavy atom. The molecule has 2 nitrogen and oxygen atoms in total. The first-order valence-corrected chi connectivity index (χ1v) is 7.65. The lowest BCUT2D eigenvalue weighted by atomic mass is 9.98. The first-order valence-electron chi connectivity index (χ1n) is 7.65. The molecule has 21 heavy (non-hydrogen) atoms. The molecule has 0 spiro atoms. The van der Waals surface area contributed by atoms with Gasteiger partial charge in [0.1, 0.15) is 12.4 Å². The van der Waals surface area contributed by atoms with Crippen molar-refractivity contribution in [1.82, 2.24) is 5.32 Å². The molecule has 0 fully saturated rings. The Balaban J connectivity index is 1.75. The minimum atomic E-state index is 0.532. The third kappa shape index (κ3) is 4.91. The van der Waals surface area contributed by atoms with E-state index < -0.39 is 0 Å². The largest absolute Gasteiger partial charge is 0.492 e. The van der Waals surface area contributed by atoms with E-state index >= 15 is 0 Å². The number of nitrogens with one attached hydrogen (secondary N) is 1. The lowest BCUT2D eigenvalue weighted by Crippen LogP contribution is -2.20. The van der Waals surface area contributed by atoms with E-state index in [4.69, 9.17) is 4.74 Å². The van der Waals surface area contributed by atoms with Crippen LogP contribution in [-0.2, 0) is 6.54 Å². The fourth-order valence-corrected chi connectivity index (χ4v) is 2.40. The van der Waals surface area contributed by atoms with E-state index in [-0.39, 0.29) is 0 Å². The van der Waals surface area contributed by atoms with Gasteiger partial charge in [-0.3, -0.25) is 0 Å². The normalized spacial score (nSPS) is 10.9. The average molecular weight is 283 g/mol.